The molecule has 20 heavy (non-hydrogen) atoms. The number of rotatable bonds is 5. The SMILES string of the molecule is CCC(Oc1cc2ccc(=O)oc2cc1OC)C(=O)O. The van der Waals surface area contributed by atoms with Gasteiger partial charge in [0, 0.05) is 17.5 Å². The minimum absolute atomic E-state index is 0.295. The van der Waals surface area contributed by atoms with Crippen LogP contribution in [0.25, 0.3) is 11.0 Å². The summed E-state index contributed by atoms with van der Waals surface area (Å²) in [6, 6.07) is 5.95. The maximum atomic E-state index is 11.2. The Kier molecular flexibility index (Phi) is 3.93. The fourth-order valence-corrected chi connectivity index (χ4v) is 1.79. The molecule has 0 fully saturated rings. The molecular weight excluding hydrogens is 264 g/mol. The number of hydrogen-bond acceptors (Lipinski definition) is 5. The van der Waals surface area contributed by atoms with Crippen LogP contribution in [0.15, 0.2) is 33.5 Å². The Morgan fingerprint density at radius 2 is 2.10 bits per heavy atom. The first-order valence-corrected chi connectivity index (χ1v) is 6.06. The van der Waals surface area contributed by atoms with E-state index in [9.17, 15) is 9.59 Å². The summed E-state index contributed by atoms with van der Waals surface area (Å²) in [5, 5.41) is 9.65. The van der Waals surface area contributed by atoms with Gasteiger partial charge < -0.3 is 19.0 Å². The van der Waals surface area contributed by atoms with Crippen LogP contribution in [0, 0.1) is 0 Å². The highest BCUT2D eigenvalue weighted by atomic mass is 16.5. The molecular formula is C14H14O6. The first-order chi connectivity index (χ1) is 9.55. The molecule has 1 unspecified atom stereocenters. The van der Waals surface area contributed by atoms with E-state index in [1.54, 1.807) is 19.1 Å². The average molecular weight is 278 g/mol. The summed E-state index contributed by atoms with van der Waals surface area (Å²) in [7, 11) is 1.43. The monoisotopic (exact) mass is 278 g/mol. The number of methoxy groups -OCH3 is 1. The number of fused-ring (bicyclic) bond motifs is 1. The molecule has 0 saturated carbocycles. The standard InChI is InChI=1S/C14H14O6/c1-3-9(14(16)17)19-12-6-8-4-5-13(15)20-10(8)7-11(12)18-2/h4-7,9H,3H2,1-2H3,(H,16,17). The summed E-state index contributed by atoms with van der Waals surface area (Å²) in [5.74, 6) is -0.441. The van der Waals surface area contributed by atoms with Crippen molar-refractivity contribution in [2.45, 2.75) is 19.4 Å². The topological polar surface area (TPSA) is 86.0 Å². The molecule has 106 valence electrons. The van der Waals surface area contributed by atoms with Gasteiger partial charge in [0.2, 0.25) is 0 Å². The van der Waals surface area contributed by atoms with Crippen molar-refractivity contribution in [1.82, 2.24) is 0 Å². The van der Waals surface area contributed by atoms with Crippen molar-refractivity contribution in [1.29, 1.82) is 0 Å². The maximum absolute atomic E-state index is 11.2. The fourth-order valence-electron chi connectivity index (χ4n) is 1.79. The molecule has 2 rings (SSSR count). The van der Waals surface area contributed by atoms with E-state index in [0.717, 1.165) is 0 Å². The van der Waals surface area contributed by atoms with E-state index < -0.39 is 17.7 Å². The molecule has 0 spiro atoms. The molecule has 0 radical (unpaired) electrons. The molecule has 6 heteroatoms. The minimum atomic E-state index is -1.05. The second-order valence-electron chi connectivity index (χ2n) is 4.15. The largest absolute Gasteiger partial charge is 0.493 e. The summed E-state index contributed by atoms with van der Waals surface area (Å²) in [6.07, 6.45) is -0.641. The summed E-state index contributed by atoms with van der Waals surface area (Å²) in [4.78, 5) is 22.2. The number of ether oxygens (including phenoxy) is 2. The molecule has 6 nitrogen and oxygen atoms in total. The van der Waals surface area contributed by atoms with Crippen molar-refractivity contribution in [2.75, 3.05) is 7.11 Å². The highest BCUT2D eigenvalue weighted by Gasteiger charge is 2.19. The molecule has 0 aliphatic heterocycles. The summed E-state index contributed by atoms with van der Waals surface area (Å²) >= 11 is 0. The summed E-state index contributed by atoms with van der Waals surface area (Å²) in [6.45, 7) is 1.71. The van der Waals surface area contributed by atoms with E-state index in [2.05, 4.69) is 0 Å². The van der Waals surface area contributed by atoms with Crippen LogP contribution in [-0.4, -0.2) is 24.3 Å². The molecule has 1 aromatic heterocycles. The van der Waals surface area contributed by atoms with Crippen molar-refractivity contribution in [3.63, 3.8) is 0 Å². The molecule has 2 aromatic rings. The lowest BCUT2D eigenvalue weighted by Gasteiger charge is -2.16. The highest BCUT2D eigenvalue weighted by Crippen LogP contribution is 2.32. The number of aliphatic carboxylic acids is 1. The summed E-state index contributed by atoms with van der Waals surface area (Å²) < 4.78 is 15.6. The molecule has 0 aliphatic carbocycles. The van der Waals surface area contributed by atoms with Crippen LogP contribution in [0.4, 0.5) is 0 Å². The number of benzene rings is 1. The van der Waals surface area contributed by atoms with E-state index in [1.807, 2.05) is 0 Å². The van der Waals surface area contributed by atoms with Gasteiger partial charge in [-0.3, -0.25) is 0 Å². The third-order valence-electron chi connectivity index (χ3n) is 2.82. The van der Waals surface area contributed by atoms with E-state index in [1.165, 1.54) is 19.2 Å². The normalized spacial score (nSPS) is 12.1. The fraction of sp³-hybridized carbons (Fsp3) is 0.286. The highest BCUT2D eigenvalue weighted by molar-refractivity contribution is 5.81. The van der Waals surface area contributed by atoms with Gasteiger partial charge in [0.15, 0.2) is 17.6 Å². The maximum Gasteiger partial charge on any atom is 0.344 e. The smallest absolute Gasteiger partial charge is 0.344 e. The van der Waals surface area contributed by atoms with Crippen LogP contribution in [0.5, 0.6) is 11.5 Å². The zero-order valence-corrected chi connectivity index (χ0v) is 11.1. The lowest BCUT2D eigenvalue weighted by molar-refractivity contribution is -0.145. The van der Waals surface area contributed by atoms with Gasteiger partial charge in [-0.1, -0.05) is 6.92 Å². The van der Waals surface area contributed by atoms with Crippen LogP contribution < -0.4 is 15.1 Å². The lowest BCUT2D eigenvalue weighted by Crippen LogP contribution is -2.26. The van der Waals surface area contributed by atoms with Crippen LogP contribution in [0.3, 0.4) is 0 Å². The van der Waals surface area contributed by atoms with Gasteiger partial charge in [-0.15, -0.1) is 0 Å². The lowest BCUT2D eigenvalue weighted by atomic mass is 10.2. The Morgan fingerprint density at radius 1 is 1.35 bits per heavy atom. The van der Waals surface area contributed by atoms with Crippen LogP contribution in [0.1, 0.15) is 13.3 Å². The average Bonchev–Trinajstić information content (AvgIpc) is 2.43. The van der Waals surface area contributed by atoms with Gasteiger partial charge in [-0.2, -0.15) is 0 Å². The number of hydrogen-bond donors (Lipinski definition) is 1. The van der Waals surface area contributed by atoms with E-state index in [-0.39, 0.29) is 0 Å². The zero-order chi connectivity index (χ0) is 14.7. The van der Waals surface area contributed by atoms with Gasteiger partial charge in [0.05, 0.1) is 7.11 Å². The van der Waals surface area contributed by atoms with Gasteiger partial charge in [0.25, 0.3) is 0 Å². The number of carboxylic acid groups (broad SMARTS) is 1. The van der Waals surface area contributed by atoms with Gasteiger partial charge >= 0.3 is 11.6 Å². The third kappa shape index (κ3) is 2.74. The van der Waals surface area contributed by atoms with Crippen molar-refractivity contribution < 1.29 is 23.8 Å². The zero-order valence-electron chi connectivity index (χ0n) is 11.1. The second kappa shape index (κ2) is 5.64. The first kappa shape index (κ1) is 13.9. The Bertz CT molecular complexity index is 688. The minimum Gasteiger partial charge on any atom is -0.493 e. The van der Waals surface area contributed by atoms with Crippen molar-refractivity contribution in [3.05, 3.63) is 34.7 Å². The molecule has 0 aliphatic rings. The molecule has 0 saturated heterocycles. The molecule has 1 aromatic carbocycles. The van der Waals surface area contributed by atoms with Crippen molar-refractivity contribution >= 4 is 16.9 Å². The second-order valence-corrected chi connectivity index (χ2v) is 4.15. The van der Waals surface area contributed by atoms with Crippen molar-refractivity contribution in [3.8, 4) is 11.5 Å². The Balaban J connectivity index is 2.49. The van der Waals surface area contributed by atoms with E-state index in [4.69, 9.17) is 19.0 Å². The predicted molar refractivity (Wildman–Crippen MR) is 71.4 cm³/mol. The third-order valence-corrected chi connectivity index (χ3v) is 2.82. The number of carbonyl (C=O) groups is 1. The Labute approximate surface area is 114 Å². The van der Waals surface area contributed by atoms with Gasteiger partial charge in [-0.05, 0) is 18.6 Å². The van der Waals surface area contributed by atoms with Gasteiger partial charge in [0.1, 0.15) is 5.58 Å². The quantitative estimate of drug-likeness (QED) is 0.842. The van der Waals surface area contributed by atoms with Crippen molar-refractivity contribution in [2.24, 2.45) is 0 Å². The summed E-state index contributed by atoms with van der Waals surface area (Å²) in [5.41, 5.74) is -0.115. The van der Waals surface area contributed by atoms with Crippen LogP contribution >= 0.6 is 0 Å². The molecule has 1 N–H and O–H groups in total. The molecule has 0 bridgehead atoms. The van der Waals surface area contributed by atoms with E-state index in [0.29, 0.717) is 28.9 Å². The van der Waals surface area contributed by atoms with E-state index >= 15 is 0 Å². The molecule has 1 heterocycles. The Hall–Kier alpha value is -2.50. The number of carboxylic acids is 1. The van der Waals surface area contributed by atoms with Crippen LogP contribution in [0.2, 0.25) is 0 Å². The first-order valence-electron chi connectivity index (χ1n) is 6.06. The molecule has 1 atom stereocenters. The Morgan fingerprint density at radius 3 is 2.70 bits per heavy atom. The van der Waals surface area contributed by atoms with Crippen LogP contribution in [-0.2, 0) is 4.79 Å². The van der Waals surface area contributed by atoms with Gasteiger partial charge in [-0.25, -0.2) is 9.59 Å². The predicted octanol–water partition coefficient (Wildman–Crippen LogP) is 2.04. The molecule has 0 amide bonds.